The molecular formula is C60H116O6. The second-order valence-electron chi connectivity index (χ2n) is 20.6. The first-order chi connectivity index (χ1) is 32.5. The number of carbonyl (C=O) groups excluding carboxylic acids is 3. The van der Waals surface area contributed by atoms with Crippen LogP contribution in [0.2, 0.25) is 0 Å². The third-order valence-corrected chi connectivity index (χ3v) is 13.9. The molecule has 392 valence electrons. The standard InChI is InChI=1S/C60H116O6/c1-4-7-10-13-16-19-21-23-24-25-26-27-28-29-30-31-32-33-34-35-36-37-39-41-44-47-50-53-59(62)65-56-57(55-64-58(61)52-49-46-43-40-18-15-12-9-6-3)66-60(63)54-51-48-45-42-38-22-20-17-14-11-8-5-2/h57H,4-56H2,1-3H3. The van der Waals surface area contributed by atoms with Crippen molar-refractivity contribution >= 4 is 17.9 Å². The van der Waals surface area contributed by atoms with Crippen molar-refractivity contribution in [1.29, 1.82) is 0 Å². The van der Waals surface area contributed by atoms with E-state index in [2.05, 4.69) is 20.8 Å². The highest BCUT2D eigenvalue weighted by Crippen LogP contribution is 2.18. The van der Waals surface area contributed by atoms with Crippen molar-refractivity contribution in [2.45, 2.75) is 354 Å². The lowest BCUT2D eigenvalue weighted by Crippen LogP contribution is -2.30. The molecule has 0 saturated carbocycles. The fourth-order valence-corrected chi connectivity index (χ4v) is 9.33. The number of rotatable bonds is 56. The molecule has 0 aromatic heterocycles. The third-order valence-electron chi connectivity index (χ3n) is 13.9. The highest BCUT2D eigenvalue weighted by molar-refractivity contribution is 5.71. The van der Waals surface area contributed by atoms with E-state index in [-0.39, 0.29) is 31.1 Å². The molecule has 6 nitrogen and oxygen atoms in total. The largest absolute Gasteiger partial charge is 0.462 e. The summed E-state index contributed by atoms with van der Waals surface area (Å²) in [5, 5.41) is 0. The summed E-state index contributed by atoms with van der Waals surface area (Å²) in [6.45, 7) is 6.68. The van der Waals surface area contributed by atoms with Crippen LogP contribution in [0.3, 0.4) is 0 Å². The Morgan fingerprint density at radius 2 is 0.409 bits per heavy atom. The Kier molecular flexibility index (Phi) is 54.7. The number of unbranched alkanes of at least 4 members (excludes halogenated alkanes) is 45. The molecule has 0 aliphatic carbocycles. The van der Waals surface area contributed by atoms with Crippen LogP contribution in [0.5, 0.6) is 0 Å². The van der Waals surface area contributed by atoms with E-state index in [0.717, 1.165) is 57.8 Å². The first-order valence-corrected chi connectivity index (χ1v) is 30.0. The molecule has 0 amide bonds. The van der Waals surface area contributed by atoms with Gasteiger partial charge in [0.1, 0.15) is 13.2 Å². The molecule has 0 saturated heterocycles. The van der Waals surface area contributed by atoms with Crippen LogP contribution < -0.4 is 0 Å². The summed E-state index contributed by atoms with van der Waals surface area (Å²) in [6.07, 6.45) is 62.7. The first kappa shape index (κ1) is 64.4. The lowest BCUT2D eigenvalue weighted by molar-refractivity contribution is -0.167. The van der Waals surface area contributed by atoms with Gasteiger partial charge in [0, 0.05) is 19.3 Å². The first-order valence-electron chi connectivity index (χ1n) is 30.0. The minimum absolute atomic E-state index is 0.0617. The predicted molar refractivity (Wildman–Crippen MR) is 284 cm³/mol. The maximum atomic E-state index is 12.8. The van der Waals surface area contributed by atoms with E-state index >= 15 is 0 Å². The Hall–Kier alpha value is -1.59. The molecule has 0 radical (unpaired) electrons. The number of carbonyl (C=O) groups is 3. The zero-order valence-electron chi connectivity index (χ0n) is 45.0. The van der Waals surface area contributed by atoms with Crippen LogP contribution in [0.1, 0.15) is 348 Å². The van der Waals surface area contributed by atoms with Gasteiger partial charge in [-0.3, -0.25) is 14.4 Å². The quantitative estimate of drug-likeness (QED) is 0.0343. The van der Waals surface area contributed by atoms with Gasteiger partial charge in [-0.2, -0.15) is 0 Å². The normalized spacial score (nSPS) is 11.9. The van der Waals surface area contributed by atoms with Crippen molar-refractivity contribution in [2.75, 3.05) is 13.2 Å². The fourth-order valence-electron chi connectivity index (χ4n) is 9.33. The predicted octanol–water partition coefficient (Wildman–Crippen LogP) is 19.9. The number of hydrogen-bond donors (Lipinski definition) is 0. The Labute approximate surface area is 412 Å². The molecule has 0 fully saturated rings. The Morgan fingerprint density at radius 3 is 0.606 bits per heavy atom. The zero-order valence-corrected chi connectivity index (χ0v) is 45.0. The molecule has 66 heavy (non-hydrogen) atoms. The van der Waals surface area contributed by atoms with Gasteiger partial charge in [-0.25, -0.2) is 0 Å². The molecule has 0 N–H and O–H groups in total. The van der Waals surface area contributed by atoms with E-state index < -0.39 is 6.10 Å². The average molecular weight is 934 g/mol. The Bertz CT molecular complexity index is 982. The van der Waals surface area contributed by atoms with E-state index in [9.17, 15) is 14.4 Å². The molecule has 0 aromatic rings. The summed E-state index contributed by atoms with van der Waals surface area (Å²) in [4.78, 5) is 38.0. The highest BCUT2D eigenvalue weighted by Gasteiger charge is 2.19. The molecule has 0 heterocycles. The monoisotopic (exact) mass is 933 g/mol. The average Bonchev–Trinajstić information content (AvgIpc) is 3.31. The third kappa shape index (κ3) is 53.4. The minimum atomic E-state index is -0.760. The second-order valence-corrected chi connectivity index (χ2v) is 20.6. The van der Waals surface area contributed by atoms with Crippen LogP contribution in [0, 0.1) is 0 Å². The van der Waals surface area contributed by atoms with Crippen molar-refractivity contribution in [3.05, 3.63) is 0 Å². The van der Waals surface area contributed by atoms with Crippen LogP contribution in [-0.4, -0.2) is 37.2 Å². The van der Waals surface area contributed by atoms with E-state index in [1.54, 1.807) is 0 Å². The Balaban J connectivity index is 4.03. The van der Waals surface area contributed by atoms with Gasteiger partial charge in [-0.1, -0.05) is 310 Å². The molecule has 0 rings (SSSR count). The molecule has 0 aliphatic heterocycles. The maximum absolute atomic E-state index is 12.8. The van der Waals surface area contributed by atoms with Crippen molar-refractivity contribution in [3.8, 4) is 0 Å². The topological polar surface area (TPSA) is 78.9 Å². The molecule has 0 bridgehead atoms. The van der Waals surface area contributed by atoms with Gasteiger partial charge in [0.05, 0.1) is 0 Å². The van der Waals surface area contributed by atoms with Gasteiger partial charge in [0.2, 0.25) is 0 Å². The summed E-state index contributed by atoms with van der Waals surface area (Å²) >= 11 is 0. The van der Waals surface area contributed by atoms with Crippen LogP contribution in [0.15, 0.2) is 0 Å². The van der Waals surface area contributed by atoms with Crippen LogP contribution >= 0.6 is 0 Å². The molecular weight excluding hydrogens is 817 g/mol. The van der Waals surface area contributed by atoms with E-state index in [4.69, 9.17) is 14.2 Å². The number of ether oxygens (including phenoxy) is 3. The molecule has 0 spiro atoms. The molecule has 1 atom stereocenters. The fraction of sp³-hybridized carbons (Fsp3) is 0.950. The van der Waals surface area contributed by atoms with Gasteiger partial charge in [0.15, 0.2) is 6.10 Å². The van der Waals surface area contributed by atoms with Gasteiger partial charge < -0.3 is 14.2 Å². The van der Waals surface area contributed by atoms with E-state index in [1.165, 1.54) is 250 Å². The summed E-state index contributed by atoms with van der Waals surface area (Å²) < 4.78 is 16.8. The SMILES string of the molecule is CCCCCCCCCCCCCCCCCCCCCCCCCCCCCC(=O)OCC(COC(=O)CCCCCCCCCCC)OC(=O)CCCCCCCCCCCCCC. The van der Waals surface area contributed by atoms with Crippen LogP contribution in [0.25, 0.3) is 0 Å². The van der Waals surface area contributed by atoms with Gasteiger partial charge in [0.25, 0.3) is 0 Å². The second kappa shape index (κ2) is 56.0. The highest BCUT2D eigenvalue weighted by atomic mass is 16.6. The van der Waals surface area contributed by atoms with Gasteiger partial charge in [-0.15, -0.1) is 0 Å². The number of esters is 3. The smallest absolute Gasteiger partial charge is 0.306 e. The molecule has 6 heteroatoms. The summed E-state index contributed by atoms with van der Waals surface area (Å²) in [5.74, 6) is -0.840. The van der Waals surface area contributed by atoms with Crippen LogP contribution in [0.4, 0.5) is 0 Å². The van der Waals surface area contributed by atoms with Crippen molar-refractivity contribution < 1.29 is 28.6 Å². The number of hydrogen-bond acceptors (Lipinski definition) is 6. The molecule has 0 aliphatic rings. The summed E-state index contributed by atoms with van der Waals surface area (Å²) in [6, 6.07) is 0. The van der Waals surface area contributed by atoms with Crippen LogP contribution in [-0.2, 0) is 28.6 Å². The van der Waals surface area contributed by atoms with Crippen molar-refractivity contribution in [1.82, 2.24) is 0 Å². The lowest BCUT2D eigenvalue weighted by Gasteiger charge is -2.18. The van der Waals surface area contributed by atoms with Crippen molar-refractivity contribution in [2.24, 2.45) is 0 Å². The maximum Gasteiger partial charge on any atom is 0.306 e. The zero-order chi connectivity index (χ0) is 47.9. The van der Waals surface area contributed by atoms with E-state index in [1.807, 2.05) is 0 Å². The molecule has 0 aromatic carbocycles. The van der Waals surface area contributed by atoms with E-state index in [0.29, 0.717) is 19.3 Å². The lowest BCUT2D eigenvalue weighted by atomic mass is 10.0. The van der Waals surface area contributed by atoms with Gasteiger partial charge in [-0.05, 0) is 19.3 Å². The summed E-state index contributed by atoms with van der Waals surface area (Å²) in [7, 11) is 0. The minimum Gasteiger partial charge on any atom is -0.462 e. The van der Waals surface area contributed by atoms with Gasteiger partial charge >= 0.3 is 17.9 Å². The van der Waals surface area contributed by atoms with Crippen molar-refractivity contribution in [3.63, 3.8) is 0 Å². The molecule has 1 unspecified atom stereocenters. The summed E-state index contributed by atoms with van der Waals surface area (Å²) in [5.41, 5.74) is 0. The Morgan fingerprint density at radius 1 is 0.242 bits per heavy atom.